The summed E-state index contributed by atoms with van der Waals surface area (Å²) in [5, 5.41) is 36.1. The average molecular weight is 1290 g/mol. The summed E-state index contributed by atoms with van der Waals surface area (Å²) in [5.41, 5.74) is 4.75. The molecule has 25 heteroatoms. The molecule has 21 atom stereocenters. The van der Waals surface area contributed by atoms with Crippen molar-refractivity contribution in [2.75, 3.05) is 73.6 Å². The number of aliphatic hydroxyl groups is 2. The molecule has 84 heavy (non-hydrogen) atoms. The minimum atomic E-state index is -1.48. The van der Waals surface area contributed by atoms with Gasteiger partial charge in [0.25, 0.3) is 0 Å². The number of nitrogen functional groups attached to an aromatic ring is 1. The van der Waals surface area contributed by atoms with Gasteiger partial charge in [0.2, 0.25) is 5.95 Å². The van der Waals surface area contributed by atoms with Gasteiger partial charge in [0.1, 0.15) is 36.8 Å². The zero-order valence-corrected chi connectivity index (χ0v) is 52.9. The summed E-state index contributed by atoms with van der Waals surface area (Å²) >= 11 is 2.00. The molecule has 0 spiro atoms. The highest BCUT2D eigenvalue weighted by Gasteiger charge is 2.62. The number of likely N-dealkylation sites (N-methyl/N-ethyl adjacent to an activating group) is 1. The van der Waals surface area contributed by atoms with Crippen molar-refractivity contribution in [2.45, 2.75) is 182 Å². The van der Waals surface area contributed by atoms with Crippen LogP contribution in [0.2, 0.25) is 0 Å². The van der Waals surface area contributed by atoms with E-state index in [1.165, 1.54) is 18.9 Å². The second-order valence-corrected chi connectivity index (χ2v) is 25.7. The molecule has 3 aromatic rings. The number of carbonyl (C=O) groups excluding carboxylic acids is 3. The third-order valence-corrected chi connectivity index (χ3v) is 20.3. The number of methoxy groups -OCH3 is 3. The summed E-state index contributed by atoms with van der Waals surface area (Å²) in [7, 11) is 6.51. The summed E-state index contributed by atoms with van der Waals surface area (Å²) < 4.78 is 73.2. The monoisotopic (exact) mass is 1290 g/mol. The van der Waals surface area contributed by atoms with Crippen molar-refractivity contribution >= 4 is 46.4 Å². The van der Waals surface area contributed by atoms with Gasteiger partial charge in [0.15, 0.2) is 16.0 Å². The first kappa shape index (κ1) is 65.8. The van der Waals surface area contributed by atoms with Gasteiger partial charge < -0.3 is 68.8 Å². The molecule has 0 radical (unpaired) electrons. The van der Waals surface area contributed by atoms with Crippen molar-refractivity contribution in [2.24, 2.45) is 29.6 Å². The van der Waals surface area contributed by atoms with Crippen LogP contribution in [0.1, 0.15) is 105 Å². The first-order valence-electron chi connectivity index (χ1n) is 29.3. The van der Waals surface area contributed by atoms with E-state index in [0.717, 1.165) is 16.7 Å². The molecule has 468 valence electrons. The van der Waals surface area contributed by atoms with Crippen molar-refractivity contribution in [3.05, 3.63) is 54.1 Å². The standard InChI is InChI=1S/C59H89FIN9O14/c1-31-23-58(8,78-13)51(82-53-47(72)42(22-32(2)80-53)68(10)20-18-40-29-70(67-66-40)43(25-60)48(76-11)38-16-14-37(15-17-38)39-26-64-55(62)65-27-39)33(3)45(44-24-57(7,77-12)50(73)36(6)81-44)34(4)52(74)83-54(61)59(9)49(35(5)46(31)71)69(56(75)84-59)30-41-28-63-19-21-79-41/h14-17,26-27,29,31-36,41-45,47-51,53-54,63,72-73H,18-25,28,30H2,1-13H3,(H2,62,64,65)/t31-,32-,33+,34-,35+,36+,41?,42+,43-,44-,45?,47-,48-,49-,50+,51-,53+,54+,57-,58-,59+/m1/s1. The number of carbonyl (C=O) groups is 3. The average Bonchev–Trinajstić information content (AvgIpc) is 1.87. The molecule has 5 aliphatic heterocycles. The zero-order chi connectivity index (χ0) is 61.2. The van der Waals surface area contributed by atoms with Gasteiger partial charge in [-0.3, -0.25) is 14.5 Å². The summed E-state index contributed by atoms with van der Waals surface area (Å²) in [6.45, 7) is 17.7. The van der Waals surface area contributed by atoms with Gasteiger partial charge >= 0.3 is 12.1 Å². The summed E-state index contributed by atoms with van der Waals surface area (Å²) in [5.74, 6) is -4.54. The second-order valence-electron chi connectivity index (χ2n) is 24.6. The van der Waals surface area contributed by atoms with E-state index in [-0.39, 0.29) is 37.2 Å². The van der Waals surface area contributed by atoms with E-state index in [1.54, 1.807) is 58.3 Å². The maximum absolute atomic E-state index is 15.2. The summed E-state index contributed by atoms with van der Waals surface area (Å²) in [6.07, 6.45) is -2.03. The number of alkyl halides is 2. The van der Waals surface area contributed by atoms with E-state index >= 15 is 14.0 Å². The normalized spacial score (nSPS) is 38.2. The fourth-order valence-electron chi connectivity index (χ4n) is 13.8. The van der Waals surface area contributed by atoms with Gasteiger partial charge in [0.05, 0.1) is 72.5 Å². The molecule has 0 aliphatic carbocycles. The van der Waals surface area contributed by atoms with Crippen LogP contribution in [0, 0.1) is 29.6 Å². The molecule has 8 rings (SSSR count). The summed E-state index contributed by atoms with van der Waals surface area (Å²) in [4.78, 5) is 56.1. The Labute approximate surface area is 506 Å². The van der Waals surface area contributed by atoms with Crippen molar-refractivity contribution in [3.63, 3.8) is 0 Å². The van der Waals surface area contributed by atoms with Crippen LogP contribution in [0.3, 0.4) is 0 Å². The van der Waals surface area contributed by atoms with E-state index in [2.05, 4.69) is 25.6 Å². The zero-order valence-electron chi connectivity index (χ0n) is 50.8. The molecule has 2 aromatic heterocycles. The largest absolute Gasteiger partial charge is 0.447 e. The molecule has 5 aliphatic rings. The molecule has 1 aromatic carbocycles. The van der Waals surface area contributed by atoms with E-state index in [1.807, 2.05) is 93.4 Å². The number of rotatable bonds is 17. The van der Waals surface area contributed by atoms with Crippen molar-refractivity contribution < 1.29 is 71.6 Å². The number of cyclic esters (lactones) is 1. The molecule has 5 fully saturated rings. The lowest BCUT2D eigenvalue weighted by Crippen LogP contribution is -2.62. The fourth-order valence-corrected chi connectivity index (χ4v) is 14.6. The third-order valence-electron chi connectivity index (χ3n) is 18.8. The van der Waals surface area contributed by atoms with Crippen LogP contribution in [0.5, 0.6) is 0 Å². The maximum atomic E-state index is 15.2. The fraction of sp³-hybridized carbons (Fsp3) is 0.746. The highest BCUT2D eigenvalue weighted by molar-refractivity contribution is 14.1. The van der Waals surface area contributed by atoms with Crippen LogP contribution in [0.15, 0.2) is 42.9 Å². The molecule has 0 bridgehead atoms. The molecule has 5 saturated heterocycles. The van der Waals surface area contributed by atoms with Gasteiger partial charge in [-0.1, -0.05) is 57.2 Å². The molecule has 5 N–H and O–H groups in total. The number of hydrogen-bond donors (Lipinski definition) is 4. The SMILES string of the molecule is CO[C@H](c1ccc(-c2cnc(N)nc2)cc1)[C@@H](CF)n1cc(CCN(C)[C@H]2C[C@@H](C)O[C@@H](O[C@@H]3[C@@H](C)C([C@H]4C[C@@](C)(OC)[C@@H](O)[C@H](C)O4)[C@@H](C)C(=O)O[C@H](I)[C@@]4(C)OC(=O)N(CC5CNCCO5)[C@@H]4[C@@H](C)C(=O)[C@H](C)C[C@@]3(C)OC)[C@@H]2O)nn1. The predicted molar refractivity (Wildman–Crippen MR) is 314 cm³/mol. The number of ketones is 1. The molecule has 1 amide bonds. The maximum Gasteiger partial charge on any atom is 0.411 e. The number of benzene rings is 1. The number of halogens is 2. The Balaban J connectivity index is 1.07. The Morgan fingerprint density at radius 3 is 2.27 bits per heavy atom. The lowest BCUT2D eigenvalue weighted by molar-refractivity contribution is -0.305. The smallest absolute Gasteiger partial charge is 0.411 e. The number of esters is 1. The molecule has 2 unspecified atom stereocenters. The first-order valence-corrected chi connectivity index (χ1v) is 30.6. The van der Waals surface area contributed by atoms with Crippen LogP contribution in [-0.4, -0.2) is 213 Å². The van der Waals surface area contributed by atoms with Crippen LogP contribution < -0.4 is 11.1 Å². The number of nitrogens with zero attached hydrogens (tertiary/aromatic N) is 7. The number of nitrogens with two attached hydrogens (primary N) is 1. The molecule has 0 saturated carbocycles. The van der Waals surface area contributed by atoms with Crippen LogP contribution in [0.4, 0.5) is 15.1 Å². The quantitative estimate of drug-likeness (QED) is 0.0759. The number of nitrogens with one attached hydrogen (secondary N) is 1. The van der Waals surface area contributed by atoms with Crippen LogP contribution in [0.25, 0.3) is 11.1 Å². The van der Waals surface area contributed by atoms with E-state index in [0.29, 0.717) is 44.8 Å². The molecule has 7 heterocycles. The van der Waals surface area contributed by atoms with Gasteiger partial charge in [-0.05, 0) is 94.1 Å². The number of morpholine rings is 1. The van der Waals surface area contributed by atoms with Gasteiger partial charge in [0, 0.05) is 102 Å². The number of ether oxygens (including phenoxy) is 9. The first-order chi connectivity index (χ1) is 39.8. The highest BCUT2D eigenvalue weighted by Crippen LogP contribution is 2.48. The predicted octanol–water partition coefficient (Wildman–Crippen LogP) is 5.29. The van der Waals surface area contributed by atoms with Crippen molar-refractivity contribution in [3.8, 4) is 11.1 Å². The summed E-state index contributed by atoms with van der Waals surface area (Å²) in [6, 6.07) is 5.29. The van der Waals surface area contributed by atoms with Gasteiger partial charge in [-0.25, -0.2) is 23.8 Å². The van der Waals surface area contributed by atoms with Gasteiger partial charge in [-0.2, -0.15) is 0 Å². The number of aromatic nitrogens is 5. The Morgan fingerprint density at radius 1 is 0.952 bits per heavy atom. The lowest BCUT2D eigenvalue weighted by Gasteiger charge is -2.52. The van der Waals surface area contributed by atoms with Crippen LogP contribution in [-0.2, 0) is 58.6 Å². The van der Waals surface area contributed by atoms with Crippen molar-refractivity contribution in [1.82, 2.24) is 40.1 Å². The van der Waals surface area contributed by atoms with E-state index < -0.39 is 136 Å². The Kier molecular flexibility index (Phi) is 21.6. The Hall–Kier alpha value is -4.13. The van der Waals surface area contributed by atoms with E-state index in [4.69, 9.17) is 48.4 Å². The lowest BCUT2D eigenvalue weighted by atomic mass is 9.67. The topological polar surface area (TPSA) is 276 Å². The number of anilines is 1. The molecule has 23 nitrogen and oxygen atoms in total. The minimum absolute atomic E-state index is 0.106. The molecular formula is C59H89FIN9O14. The Bertz CT molecular complexity index is 2680. The number of aliphatic hydroxyl groups excluding tert-OH is 2. The number of Topliss-reactive ketones (excluding diaryl/α,β-unsaturated/α-hetero) is 1. The minimum Gasteiger partial charge on any atom is -0.447 e. The van der Waals surface area contributed by atoms with E-state index in [9.17, 15) is 15.0 Å². The van der Waals surface area contributed by atoms with Gasteiger partial charge in [-0.15, -0.1) is 5.10 Å². The molecular weight excluding hydrogens is 1200 g/mol. The van der Waals surface area contributed by atoms with Crippen molar-refractivity contribution in [1.29, 1.82) is 0 Å². The third kappa shape index (κ3) is 13.8. The number of hydrogen-bond acceptors (Lipinski definition) is 21. The number of fused-ring (bicyclic) bond motifs is 1. The Morgan fingerprint density at radius 2 is 1.64 bits per heavy atom. The second kappa shape index (κ2) is 27.5. The van der Waals surface area contributed by atoms with Crippen LogP contribution >= 0.6 is 22.6 Å². The number of amides is 1. The highest BCUT2D eigenvalue weighted by atomic mass is 127.